The number of nitrogen functional groups attached to an aromatic ring is 1. The number of aryl methyl sites for hydroxylation is 1. The van der Waals surface area contributed by atoms with Crippen molar-refractivity contribution in [2.45, 2.75) is 31.2 Å². The first-order valence-corrected chi connectivity index (χ1v) is 11.5. The van der Waals surface area contributed by atoms with Crippen molar-refractivity contribution in [1.29, 1.82) is 0 Å². The standard InChI is InChI=1S/C24H27N9O/c1-3-19-23(34-19)32-10-4-5-18(13-32)33-14-26-20-21(25)29-24(30-22(20)33)28-17-8-6-15(7-9-17)16-11-27-31(2)12-16/h3,6-9,11-12,14,18-19,23H,1,4-5,10,13H2,2H3,(H3,25,28,29,30). The van der Waals surface area contributed by atoms with Crippen molar-refractivity contribution in [3.05, 3.63) is 55.6 Å². The SMILES string of the molecule is C=CC1OC1N1CCCC(n2cnc3c(N)nc(Nc4ccc(-c5cnn(C)c5)cc4)nc32)C1. The summed E-state index contributed by atoms with van der Waals surface area (Å²) in [5.74, 6) is 0.814. The topological polar surface area (TPSA) is 115 Å². The number of rotatable bonds is 6. The van der Waals surface area contributed by atoms with Gasteiger partial charge >= 0.3 is 0 Å². The van der Waals surface area contributed by atoms with E-state index in [2.05, 4.69) is 36.4 Å². The molecule has 2 aliphatic rings. The van der Waals surface area contributed by atoms with E-state index in [1.807, 2.05) is 56.1 Å². The van der Waals surface area contributed by atoms with Crippen molar-refractivity contribution in [3.63, 3.8) is 0 Å². The van der Waals surface area contributed by atoms with Gasteiger partial charge in [0.15, 0.2) is 11.5 Å². The van der Waals surface area contributed by atoms with Crippen LogP contribution in [0.25, 0.3) is 22.3 Å². The number of epoxide rings is 1. The zero-order chi connectivity index (χ0) is 23.2. The van der Waals surface area contributed by atoms with Gasteiger partial charge in [0.2, 0.25) is 5.95 Å². The average molecular weight is 458 g/mol. The van der Waals surface area contributed by atoms with Crippen LogP contribution in [-0.4, -0.2) is 59.6 Å². The van der Waals surface area contributed by atoms with Gasteiger partial charge in [0, 0.05) is 43.6 Å². The number of nitrogens with two attached hydrogens (primary N) is 1. The molecule has 3 N–H and O–H groups in total. The first-order valence-electron chi connectivity index (χ1n) is 11.5. The number of ether oxygens (including phenoxy) is 1. The fraction of sp³-hybridized carbons (Fsp3) is 0.333. The van der Waals surface area contributed by atoms with E-state index in [1.54, 1.807) is 4.68 Å². The summed E-state index contributed by atoms with van der Waals surface area (Å²) in [5, 5.41) is 7.52. The van der Waals surface area contributed by atoms with Gasteiger partial charge in [0.1, 0.15) is 17.8 Å². The van der Waals surface area contributed by atoms with E-state index in [0.29, 0.717) is 17.3 Å². The molecule has 174 valence electrons. The first kappa shape index (κ1) is 20.8. The van der Waals surface area contributed by atoms with Crippen LogP contribution < -0.4 is 11.1 Å². The fourth-order valence-electron chi connectivity index (χ4n) is 4.73. The summed E-state index contributed by atoms with van der Waals surface area (Å²) in [6.07, 6.45) is 9.95. The molecule has 4 aromatic rings. The van der Waals surface area contributed by atoms with Gasteiger partial charge in [-0.3, -0.25) is 9.58 Å². The molecule has 0 spiro atoms. The number of hydrogen-bond donors (Lipinski definition) is 2. The minimum atomic E-state index is 0.136. The molecule has 10 heteroatoms. The van der Waals surface area contributed by atoms with Crippen LogP contribution in [0.1, 0.15) is 18.9 Å². The number of anilines is 3. The number of piperidine rings is 1. The third kappa shape index (κ3) is 3.80. The molecule has 34 heavy (non-hydrogen) atoms. The molecule has 6 rings (SSSR count). The normalized spacial score (nSPS) is 22.7. The second kappa shape index (κ2) is 8.23. The second-order valence-corrected chi connectivity index (χ2v) is 8.88. The van der Waals surface area contributed by atoms with Crippen molar-refractivity contribution in [1.82, 2.24) is 34.2 Å². The van der Waals surface area contributed by atoms with Gasteiger partial charge in [-0.25, -0.2) is 4.98 Å². The lowest BCUT2D eigenvalue weighted by atomic mass is 10.1. The molecule has 3 atom stereocenters. The van der Waals surface area contributed by atoms with Gasteiger partial charge in [-0.2, -0.15) is 15.1 Å². The smallest absolute Gasteiger partial charge is 0.231 e. The quantitative estimate of drug-likeness (QED) is 0.335. The molecule has 0 aliphatic carbocycles. The Hall–Kier alpha value is -3.76. The predicted molar refractivity (Wildman–Crippen MR) is 130 cm³/mol. The van der Waals surface area contributed by atoms with Gasteiger partial charge in [-0.15, -0.1) is 6.58 Å². The summed E-state index contributed by atoms with van der Waals surface area (Å²) >= 11 is 0. The fourth-order valence-corrected chi connectivity index (χ4v) is 4.73. The molecule has 0 saturated carbocycles. The number of aromatic nitrogens is 6. The molecule has 2 saturated heterocycles. The Kier molecular flexibility index (Phi) is 5.04. The molecule has 2 fully saturated rings. The lowest BCUT2D eigenvalue weighted by molar-refractivity contribution is 0.118. The summed E-state index contributed by atoms with van der Waals surface area (Å²) in [7, 11) is 1.91. The number of likely N-dealkylation sites (tertiary alicyclic amines) is 1. The third-order valence-electron chi connectivity index (χ3n) is 6.54. The zero-order valence-electron chi connectivity index (χ0n) is 19.0. The van der Waals surface area contributed by atoms with Crippen LogP contribution >= 0.6 is 0 Å². The van der Waals surface area contributed by atoms with E-state index in [9.17, 15) is 0 Å². The van der Waals surface area contributed by atoms with E-state index in [0.717, 1.165) is 48.4 Å². The molecule has 10 nitrogen and oxygen atoms in total. The lowest BCUT2D eigenvalue weighted by Crippen LogP contribution is -2.39. The Balaban J connectivity index is 1.24. The van der Waals surface area contributed by atoms with Crippen LogP contribution in [0.5, 0.6) is 0 Å². The van der Waals surface area contributed by atoms with Crippen molar-refractivity contribution >= 4 is 28.6 Å². The number of imidazole rings is 1. The predicted octanol–water partition coefficient (Wildman–Crippen LogP) is 3.10. The van der Waals surface area contributed by atoms with Gasteiger partial charge < -0.3 is 20.4 Å². The van der Waals surface area contributed by atoms with E-state index >= 15 is 0 Å². The van der Waals surface area contributed by atoms with Gasteiger partial charge in [-0.05, 0) is 30.5 Å². The van der Waals surface area contributed by atoms with Crippen molar-refractivity contribution in [2.24, 2.45) is 7.05 Å². The zero-order valence-corrected chi connectivity index (χ0v) is 19.0. The maximum Gasteiger partial charge on any atom is 0.231 e. The first-order chi connectivity index (χ1) is 16.6. The van der Waals surface area contributed by atoms with Gasteiger partial charge in [-0.1, -0.05) is 18.2 Å². The van der Waals surface area contributed by atoms with E-state index in [4.69, 9.17) is 15.5 Å². The molecule has 0 amide bonds. The van der Waals surface area contributed by atoms with E-state index in [1.165, 1.54) is 0 Å². The Morgan fingerprint density at radius 3 is 2.79 bits per heavy atom. The van der Waals surface area contributed by atoms with Crippen LogP contribution in [0.15, 0.2) is 55.6 Å². The van der Waals surface area contributed by atoms with Crippen LogP contribution in [0, 0.1) is 0 Å². The van der Waals surface area contributed by atoms with Gasteiger partial charge in [0.05, 0.1) is 12.5 Å². The Bertz CT molecular complexity index is 1340. The van der Waals surface area contributed by atoms with Crippen LogP contribution in [-0.2, 0) is 11.8 Å². The lowest BCUT2D eigenvalue weighted by Gasteiger charge is -2.32. The molecule has 3 aromatic heterocycles. The highest BCUT2D eigenvalue weighted by Crippen LogP contribution is 2.34. The number of nitrogens with one attached hydrogen (secondary N) is 1. The monoisotopic (exact) mass is 457 g/mol. The molecular formula is C24H27N9O. The molecule has 5 heterocycles. The minimum Gasteiger partial charge on any atom is -0.382 e. The number of fused-ring (bicyclic) bond motifs is 1. The van der Waals surface area contributed by atoms with E-state index in [-0.39, 0.29) is 18.4 Å². The number of hydrogen-bond acceptors (Lipinski definition) is 8. The maximum atomic E-state index is 6.26. The number of nitrogens with zero attached hydrogens (tertiary/aromatic N) is 7. The van der Waals surface area contributed by atoms with Gasteiger partial charge in [0.25, 0.3) is 0 Å². The minimum absolute atomic E-state index is 0.136. The van der Waals surface area contributed by atoms with Crippen LogP contribution in [0.4, 0.5) is 17.5 Å². The molecule has 1 aromatic carbocycles. The Labute approximate surface area is 197 Å². The van der Waals surface area contributed by atoms with Crippen molar-refractivity contribution in [3.8, 4) is 11.1 Å². The highest BCUT2D eigenvalue weighted by Gasteiger charge is 2.43. The molecule has 0 radical (unpaired) electrons. The number of benzene rings is 1. The largest absolute Gasteiger partial charge is 0.382 e. The average Bonchev–Trinajstić information content (AvgIpc) is 3.32. The molecule has 2 aliphatic heterocycles. The Morgan fingerprint density at radius 1 is 1.21 bits per heavy atom. The van der Waals surface area contributed by atoms with Crippen LogP contribution in [0.2, 0.25) is 0 Å². The second-order valence-electron chi connectivity index (χ2n) is 8.88. The summed E-state index contributed by atoms with van der Waals surface area (Å²) in [5.41, 5.74) is 10.7. The van der Waals surface area contributed by atoms with Crippen LogP contribution in [0.3, 0.4) is 0 Å². The summed E-state index contributed by atoms with van der Waals surface area (Å²) < 4.78 is 9.64. The van der Waals surface area contributed by atoms with E-state index < -0.39 is 0 Å². The molecular weight excluding hydrogens is 430 g/mol. The maximum absolute atomic E-state index is 6.26. The Morgan fingerprint density at radius 2 is 2.06 bits per heavy atom. The van der Waals surface area contributed by atoms with Crippen molar-refractivity contribution < 1.29 is 4.74 Å². The molecule has 0 bridgehead atoms. The highest BCUT2D eigenvalue weighted by atomic mass is 16.6. The molecule has 3 unspecified atom stereocenters. The highest BCUT2D eigenvalue weighted by molar-refractivity contribution is 5.83. The summed E-state index contributed by atoms with van der Waals surface area (Å²) in [6, 6.07) is 8.31. The third-order valence-corrected chi connectivity index (χ3v) is 6.54. The summed E-state index contributed by atoms with van der Waals surface area (Å²) in [4.78, 5) is 16.1. The summed E-state index contributed by atoms with van der Waals surface area (Å²) in [6.45, 7) is 5.75. The van der Waals surface area contributed by atoms with Crippen molar-refractivity contribution in [2.75, 3.05) is 24.1 Å².